The fourth-order valence-electron chi connectivity index (χ4n) is 4.12. The molecule has 3 heterocycles. The highest BCUT2D eigenvalue weighted by Crippen LogP contribution is 2.18. The normalized spacial score (nSPS) is 17.5. The molecule has 32 heavy (non-hydrogen) atoms. The first-order valence-corrected chi connectivity index (χ1v) is 11.3. The molecule has 0 radical (unpaired) electrons. The molecule has 1 amide bonds. The van der Waals surface area contributed by atoms with Crippen LogP contribution in [0.1, 0.15) is 5.56 Å². The number of nitrogens with zero attached hydrogens (tertiary/aromatic N) is 6. The van der Waals surface area contributed by atoms with Gasteiger partial charge in [0.25, 0.3) is 5.91 Å². The van der Waals surface area contributed by atoms with E-state index < -0.39 is 0 Å². The van der Waals surface area contributed by atoms with Crippen molar-refractivity contribution in [2.45, 2.75) is 6.92 Å². The third-order valence-corrected chi connectivity index (χ3v) is 6.06. The molecule has 0 atom stereocenters. The number of rotatable bonds is 7. The maximum absolute atomic E-state index is 12.5. The number of aryl methyl sites for hydroxylation is 1. The largest absolute Gasteiger partial charge is 0.484 e. The Bertz CT molecular complexity index is 878. The molecule has 9 heteroatoms. The third-order valence-electron chi connectivity index (χ3n) is 6.06. The maximum atomic E-state index is 12.5. The summed E-state index contributed by atoms with van der Waals surface area (Å²) in [5, 5.41) is 18.0. The van der Waals surface area contributed by atoms with Crippen molar-refractivity contribution in [1.82, 2.24) is 20.0 Å². The lowest BCUT2D eigenvalue weighted by molar-refractivity contribution is -0.133. The summed E-state index contributed by atoms with van der Waals surface area (Å²) < 4.78 is 5.66. The summed E-state index contributed by atoms with van der Waals surface area (Å²) in [6.07, 6.45) is 0. The summed E-state index contributed by atoms with van der Waals surface area (Å²) in [6, 6.07) is 11.8. The zero-order valence-corrected chi connectivity index (χ0v) is 18.7. The number of piperazine rings is 2. The molecule has 1 N–H and O–H groups in total. The fraction of sp³-hybridized carbons (Fsp3) is 0.522. The number of amides is 1. The number of β-amino-alcohol motifs (C(OH)–C–C–N with tert-alkyl or cyclic N) is 1. The Morgan fingerprint density at radius 2 is 1.56 bits per heavy atom. The number of aliphatic hydroxyl groups is 1. The molecule has 0 spiro atoms. The van der Waals surface area contributed by atoms with E-state index in [1.165, 1.54) is 0 Å². The standard InChI is InChI=1S/C23H32N6O3/c1-19-3-2-4-20(17-19)32-18-23(31)29-13-11-28(12-14-29)22-6-5-21(24-25-22)27-9-7-26(8-10-27)15-16-30/h2-6,17,30H,7-16,18H2,1H3. The molecule has 1 aromatic carbocycles. The Balaban J connectivity index is 1.23. The van der Waals surface area contributed by atoms with Crippen LogP contribution in [0, 0.1) is 6.92 Å². The molecular weight excluding hydrogens is 408 g/mol. The maximum Gasteiger partial charge on any atom is 0.260 e. The minimum absolute atomic E-state index is 0.00734. The van der Waals surface area contributed by atoms with Crippen LogP contribution in [-0.4, -0.2) is 103 Å². The SMILES string of the molecule is Cc1cccc(OCC(=O)N2CCN(c3ccc(N4CCN(CCO)CC4)nn3)CC2)c1. The molecule has 2 saturated heterocycles. The summed E-state index contributed by atoms with van der Waals surface area (Å²) in [5.41, 5.74) is 1.11. The van der Waals surface area contributed by atoms with E-state index in [0.29, 0.717) is 13.1 Å². The lowest BCUT2D eigenvalue weighted by Crippen LogP contribution is -2.50. The predicted octanol–water partition coefficient (Wildman–Crippen LogP) is 0.627. The fourth-order valence-corrected chi connectivity index (χ4v) is 4.12. The van der Waals surface area contributed by atoms with E-state index in [-0.39, 0.29) is 19.1 Å². The van der Waals surface area contributed by atoms with E-state index in [1.54, 1.807) is 0 Å². The van der Waals surface area contributed by atoms with Crippen molar-refractivity contribution in [2.24, 2.45) is 0 Å². The van der Waals surface area contributed by atoms with Gasteiger partial charge in [0.15, 0.2) is 18.2 Å². The van der Waals surface area contributed by atoms with Gasteiger partial charge in [-0.15, -0.1) is 10.2 Å². The third kappa shape index (κ3) is 5.66. The Kier molecular flexibility index (Phi) is 7.39. The molecule has 2 aliphatic heterocycles. The van der Waals surface area contributed by atoms with Gasteiger partial charge in [0, 0.05) is 58.9 Å². The minimum Gasteiger partial charge on any atom is -0.484 e. The van der Waals surface area contributed by atoms with Crippen LogP contribution in [0.3, 0.4) is 0 Å². The summed E-state index contributed by atoms with van der Waals surface area (Å²) in [4.78, 5) is 21.0. The molecule has 4 rings (SSSR count). The Morgan fingerprint density at radius 1 is 0.938 bits per heavy atom. The molecule has 2 fully saturated rings. The minimum atomic E-state index is 0.00734. The second kappa shape index (κ2) is 10.6. The average molecular weight is 441 g/mol. The van der Waals surface area contributed by atoms with Crippen molar-refractivity contribution in [3.05, 3.63) is 42.0 Å². The van der Waals surface area contributed by atoms with Gasteiger partial charge in [0.1, 0.15) is 5.75 Å². The smallest absolute Gasteiger partial charge is 0.260 e. The van der Waals surface area contributed by atoms with Crippen molar-refractivity contribution < 1.29 is 14.6 Å². The molecule has 172 valence electrons. The first-order valence-electron chi connectivity index (χ1n) is 11.3. The van der Waals surface area contributed by atoms with Crippen LogP contribution >= 0.6 is 0 Å². The quantitative estimate of drug-likeness (QED) is 0.671. The molecule has 2 aromatic rings. The number of hydrogen-bond acceptors (Lipinski definition) is 8. The van der Waals surface area contributed by atoms with Gasteiger partial charge >= 0.3 is 0 Å². The Hall–Kier alpha value is -2.91. The Labute approximate surface area is 189 Å². The number of anilines is 2. The van der Waals surface area contributed by atoms with E-state index in [4.69, 9.17) is 9.84 Å². The number of hydrogen-bond donors (Lipinski definition) is 1. The molecule has 2 aliphatic rings. The zero-order valence-electron chi connectivity index (χ0n) is 18.7. The van der Waals surface area contributed by atoms with Crippen molar-refractivity contribution in [1.29, 1.82) is 0 Å². The van der Waals surface area contributed by atoms with Crippen LogP contribution in [0.4, 0.5) is 11.6 Å². The average Bonchev–Trinajstić information content (AvgIpc) is 2.84. The number of ether oxygens (including phenoxy) is 1. The highest BCUT2D eigenvalue weighted by atomic mass is 16.5. The lowest BCUT2D eigenvalue weighted by atomic mass is 10.2. The molecule has 0 unspecified atom stereocenters. The summed E-state index contributed by atoms with van der Waals surface area (Å²) in [7, 11) is 0. The topological polar surface area (TPSA) is 85.3 Å². The monoisotopic (exact) mass is 440 g/mol. The number of aromatic nitrogens is 2. The molecular formula is C23H32N6O3. The Morgan fingerprint density at radius 3 is 2.12 bits per heavy atom. The van der Waals surface area contributed by atoms with E-state index in [2.05, 4.69) is 24.9 Å². The van der Waals surface area contributed by atoms with Gasteiger partial charge in [-0.1, -0.05) is 12.1 Å². The predicted molar refractivity (Wildman–Crippen MR) is 123 cm³/mol. The molecule has 9 nitrogen and oxygen atoms in total. The van der Waals surface area contributed by atoms with Gasteiger partial charge in [-0.25, -0.2) is 0 Å². The van der Waals surface area contributed by atoms with Crippen molar-refractivity contribution in [2.75, 3.05) is 81.9 Å². The van der Waals surface area contributed by atoms with Crippen LogP contribution in [-0.2, 0) is 4.79 Å². The van der Waals surface area contributed by atoms with Crippen LogP contribution in [0.5, 0.6) is 5.75 Å². The highest BCUT2D eigenvalue weighted by Gasteiger charge is 2.23. The van der Waals surface area contributed by atoms with Gasteiger partial charge < -0.3 is 24.5 Å². The molecule has 0 bridgehead atoms. The second-order valence-corrected chi connectivity index (χ2v) is 8.28. The second-order valence-electron chi connectivity index (χ2n) is 8.28. The lowest BCUT2D eigenvalue weighted by Gasteiger charge is -2.36. The number of benzene rings is 1. The zero-order chi connectivity index (χ0) is 22.3. The van der Waals surface area contributed by atoms with E-state index >= 15 is 0 Å². The summed E-state index contributed by atoms with van der Waals surface area (Å²) in [5.74, 6) is 2.46. The van der Waals surface area contributed by atoms with Gasteiger partial charge in [-0.3, -0.25) is 9.69 Å². The van der Waals surface area contributed by atoms with E-state index in [0.717, 1.165) is 68.8 Å². The van der Waals surface area contributed by atoms with E-state index in [9.17, 15) is 4.79 Å². The molecule has 0 saturated carbocycles. The molecule has 0 aliphatic carbocycles. The number of carbonyl (C=O) groups is 1. The molecule has 1 aromatic heterocycles. The number of aliphatic hydroxyl groups excluding tert-OH is 1. The van der Waals surface area contributed by atoms with E-state index in [1.807, 2.05) is 48.2 Å². The van der Waals surface area contributed by atoms with Gasteiger partial charge in [0.2, 0.25) is 0 Å². The first-order chi connectivity index (χ1) is 15.6. The van der Waals surface area contributed by atoms with Crippen molar-refractivity contribution >= 4 is 17.5 Å². The highest BCUT2D eigenvalue weighted by molar-refractivity contribution is 5.78. The van der Waals surface area contributed by atoms with Gasteiger partial charge in [-0.2, -0.15) is 0 Å². The van der Waals surface area contributed by atoms with Crippen molar-refractivity contribution in [3.8, 4) is 5.75 Å². The summed E-state index contributed by atoms with van der Waals surface area (Å²) >= 11 is 0. The van der Waals surface area contributed by atoms with Crippen LogP contribution in [0.25, 0.3) is 0 Å². The first kappa shape index (κ1) is 22.3. The summed E-state index contributed by atoms with van der Waals surface area (Å²) in [6.45, 7) is 9.36. The van der Waals surface area contributed by atoms with Crippen LogP contribution in [0.15, 0.2) is 36.4 Å². The van der Waals surface area contributed by atoms with Gasteiger partial charge in [0.05, 0.1) is 6.61 Å². The van der Waals surface area contributed by atoms with Gasteiger partial charge in [-0.05, 0) is 36.8 Å². The van der Waals surface area contributed by atoms with Crippen molar-refractivity contribution in [3.63, 3.8) is 0 Å². The van der Waals surface area contributed by atoms with Crippen LogP contribution < -0.4 is 14.5 Å². The number of carbonyl (C=O) groups excluding carboxylic acids is 1. The van der Waals surface area contributed by atoms with Crippen LogP contribution in [0.2, 0.25) is 0 Å².